The number of carbonyl (C=O) groups is 1. The Morgan fingerprint density at radius 1 is 1.56 bits per heavy atom. The molecule has 102 valence electrons. The average Bonchev–Trinajstić information content (AvgIpc) is 2.88. The molecule has 1 rings (SSSR count). The van der Waals surface area contributed by atoms with Crippen LogP contribution in [0.3, 0.4) is 0 Å². The lowest BCUT2D eigenvalue weighted by molar-refractivity contribution is -0.148. The van der Waals surface area contributed by atoms with Crippen molar-refractivity contribution in [3.8, 4) is 0 Å². The molecule has 18 heavy (non-hydrogen) atoms. The fourth-order valence-electron chi connectivity index (χ4n) is 1.92. The van der Waals surface area contributed by atoms with Crippen LogP contribution in [-0.2, 0) is 16.1 Å². The third-order valence-electron chi connectivity index (χ3n) is 3.05. The summed E-state index contributed by atoms with van der Waals surface area (Å²) in [6.07, 6.45) is 8.11. The molecule has 0 saturated carbocycles. The first-order valence-electron chi connectivity index (χ1n) is 6.41. The van der Waals surface area contributed by atoms with E-state index in [0.29, 0.717) is 0 Å². The van der Waals surface area contributed by atoms with Gasteiger partial charge in [-0.2, -0.15) is 0 Å². The summed E-state index contributed by atoms with van der Waals surface area (Å²) in [7, 11) is 1.43. The number of nitrogens with zero attached hydrogens (tertiary/aromatic N) is 2. The lowest BCUT2D eigenvalue weighted by Gasteiger charge is -2.28. The monoisotopic (exact) mass is 253 g/mol. The minimum absolute atomic E-state index is 0.193. The summed E-state index contributed by atoms with van der Waals surface area (Å²) in [5.41, 5.74) is -0.592. The highest BCUT2D eigenvalue weighted by Gasteiger charge is 2.32. The zero-order chi connectivity index (χ0) is 13.4. The zero-order valence-electron chi connectivity index (χ0n) is 11.5. The first-order valence-corrected chi connectivity index (χ1v) is 6.41. The van der Waals surface area contributed by atoms with Crippen LogP contribution in [0.5, 0.6) is 0 Å². The van der Waals surface area contributed by atoms with Gasteiger partial charge in [-0.1, -0.05) is 6.92 Å². The number of hydrogen-bond donors (Lipinski definition) is 1. The van der Waals surface area contributed by atoms with Crippen molar-refractivity contribution >= 4 is 5.97 Å². The number of methoxy groups -OCH3 is 1. The molecule has 1 unspecified atom stereocenters. The van der Waals surface area contributed by atoms with Crippen LogP contribution in [0.1, 0.15) is 33.1 Å². The molecule has 1 atom stereocenters. The second-order valence-electron chi connectivity index (χ2n) is 4.65. The van der Waals surface area contributed by atoms with Crippen LogP contribution in [0.25, 0.3) is 0 Å². The number of nitrogens with one attached hydrogen (secondary N) is 1. The van der Waals surface area contributed by atoms with Crippen molar-refractivity contribution in [1.82, 2.24) is 14.9 Å². The van der Waals surface area contributed by atoms with Crippen molar-refractivity contribution < 1.29 is 9.53 Å². The third-order valence-corrected chi connectivity index (χ3v) is 3.05. The number of imidazole rings is 1. The van der Waals surface area contributed by atoms with Crippen LogP contribution in [0, 0.1) is 0 Å². The van der Waals surface area contributed by atoms with Gasteiger partial charge >= 0.3 is 5.97 Å². The van der Waals surface area contributed by atoms with Gasteiger partial charge in [0, 0.05) is 18.9 Å². The number of esters is 1. The fourth-order valence-corrected chi connectivity index (χ4v) is 1.92. The van der Waals surface area contributed by atoms with Crippen LogP contribution in [0.2, 0.25) is 0 Å². The van der Waals surface area contributed by atoms with Gasteiger partial charge in [0.15, 0.2) is 0 Å². The molecular formula is C13H23N3O2. The number of hydrogen-bond acceptors (Lipinski definition) is 4. The van der Waals surface area contributed by atoms with Gasteiger partial charge in [0.25, 0.3) is 0 Å². The van der Waals surface area contributed by atoms with E-state index in [1.54, 1.807) is 12.5 Å². The smallest absolute Gasteiger partial charge is 0.325 e. The second kappa shape index (κ2) is 7.16. The third kappa shape index (κ3) is 4.14. The van der Waals surface area contributed by atoms with Crippen molar-refractivity contribution in [2.45, 2.75) is 45.2 Å². The van der Waals surface area contributed by atoms with E-state index in [-0.39, 0.29) is 5.97 Å². The molecule has 0 aliphatic heterocycles. The summed E-state index contributed by atoms with van der Waals surface area (Å²) in [5.74, 6) is -0.193. The van der Waals surface area contributed by atoms with Gasteiger partial charge in [-0.3, -0.25) is 4.79 Å². The van der Waals surface area contributed by atoms with Crippen LogP contribution in [-0.4, -0.2) is 34.7 Å². The molecular weight excluding hydrogens is 230 g/mol. The van der Waals surface area contributed by atoms with E-state index in [1.807, 2.05) is 17.7 Å². The van der Waals surface area contributed by atoms with Gasteiger partial charge in [-0.05, 0) is 32.7 Å². The largest absolute Gasteiger partial charge is 0.468 e. The molecule has 0 fully saturated rings. The maximum absolute atomic E-state index is 11.8. The number of rotatable bonds is 8. The fraction of sp³-hybridized carbons (Fsp3) is 0.692. The van der Waals surface area contributed by atoms with Crippen LogP contribution in [0.15, 0.2) is 18.7 Å². The number of aromatic nitrogens is 2. The average molecular weight is 253 g/mol. The van der Waals surface area contributed by atoms with E-state index in [4.69, 9.17) is 4.74 Å². The molecule has 0 bridgehead atoms. The van der Waals surface area contributed by atoms with Gasteiger partial charge in [0.05, 0.1) is 13.4 Å². The molecule has 1 heterocycles. The minimum atomic E-state index is -0.592. The molecule has 0 saturated heterocycles. The summed E-state index contributed by atoms with van der Waals surface area (Å²) in [5, 5.41) is 3.28. The van der Waals surface area contributed by atoms with E-state index in [1.165, 1.54) is 7.11 Å². The quantitative estimate of drug-likeness (QED) is 0.715. The van der Waals surface area contributed by atoms with Gasteiger partial charge in [-0.15, -0.1) is 0 Å². The maximum Gasteiger partial charge on any atom is 0.325 e. The SMILES string of the molecule is CCCNC(C)(CCCn1ccnc1)C(=O)OC. The Kier molecular flexibility index (Phi) is 5.85. The van der Waals surface area contributed by atoms with Gasteiger partial charge < -0.3 is 14.6 Å². The Bertz CT molecular complexity index is 351. The van der Waals surface area contributed by atoms with Crippen LogP contribution in [0.4, 0.5) is 0 Å². The molecule has 0 aliphatic rings. The van der Waals surface area contributed by atoms with Crippen molar-refractivity contribution in [3.63, 3.8) is 0 Å². The Morgan fingerprint density at radius 2 is 2.33 bits per heavy atom. The molecule has 0 spiro atoms. The molecule has 1 aromatic heterocycles. The lowest BCUT2D eigenvalue weighted by Crippen LogP contribution is -2.50. The van der Waals surface area contributed by atoms with Crippen LogP contribution < -0.4 is 5.32 Å². The predicted molar refractivity (Wildman–Crippen MR) is 70.2 cm³/mol. The van der Waals surface area contributed by atoms with E-state index in [2.05, 4.69) is 17.2 Å². The maximum atomic E-state index is 11.8. The van der Waals surface area contributed by atoms with E-state index in [9.17, 15) is 4.79 Å². The molecule has 0 radical (unpaired) electrons. The summed E-state index contributed by atoms with van der Waals surface area (Å²) >= 11 is 0. The summed E-state index contributed by atoms with van der Waals surface area (Å²) in [4.78, 5) is 15.8. The highest BCUT2D eigenvalue weighted by atomic mass is 16.5. The van der Waals surface area contributed by atoms with Gasteiger partial charge in [0.1, 0.15) is 5.54 Å². The van der Waals surface area contributed by atoms with Crippen LogP contribution >= 0.6 is 0 Å². The van der Waals surface area contributed by atoms with Crippen molar-refractivity contribution in [1.29, 1.82) is 0 Å². The van der Waals surface area contributed by atoms with Gasteiger partial charge in [-0.25, -0.2) is 4.98 Å². The Hall–Kier alpha value is -1.36. The molecule has 0 aliphatic carbocycles. The Morgan fingerprint density at radius 3 is 2.89 bits per heavy atom. The predicted octanol–water partition coefficient (Wildman–Crippen LogP) is 1.59. The molecule has 5 heteroatoms. The Balaban J connectivity index is 2.47. The van der Waals surface area contributed by atoms with Crippen molar-refractivity contribution in [3.05, 3.63) is 18.7 Å². The first kappa shape index (κ1) is 14.7. The van der Waals surface area contributed by atoms with Crippen molar-refractivity contribution in [2.24, 2.45) is 0 Å². The van der Waals surface area contributed by atoms with E-state index in [0.717, 1.165) is 32.4 Å². The molecule has 0 amide bonds. The minimum Gasteiger partial charge on any atom is -0.468 e. The molecule has 1 N–H and O–H groups in total. The first-order chi connectivity index (χ1) is 8.62. The highest BCUT2D eigenvalue weighted by molar-refractivity contribution is 5.80. The topological polar surface area (TPSA) is 56.2 Å². The second-order valence-corrected chi connectivity index (χ2v) is 4.65. The lowest BCUT2D eigenvalue weighted by atomic mass is 9.95. The number of ether oxygens (including phenoxy) is 1. The summed E-state index contributed by atoms with van der Waals surface area (Å²) in [6, 6.07) is 0. The van der Waals surface area contributed by atoms with Crippen molar-refractivity contribution in [2.75, 3.05) is 13.7 Å². The van der Waals surface area contributed by atoms with Gasteiger partial charge in [0.2, 0.25) is 0 Å². The van der Waals surface area contributed by atoms with E-state index < -0.39 is 5.54 Å². The summed E-state index contributed by atoms with van der Waals surface area (Å²) in [6.45, 7) is 5.66. The Labute approximate surface area is 109 Å². The normalized spacial score (nSPS) is 14.2. The standard InChI is InChI=1S/C13H23N3O2/c1-4-7-15-13(2,12(17)18-3)6-5-9-16-10-8-14-11-16/h8,10-11,15H,4-7,9H2,1-3H3. The molecule has 1 aromatic rings. The summed E-state index contributed by atoms with van der Waals surface area (Å²) < 4.78 is 6.89. The molecule has 0 aromatic carbocycles. The van der Waals surface area contributed by atoms with E-state index >= 15 is 0 Å². The highest BCUT2D eigenvalue weighted by Crippen LogP contribution is 2.15. The zero-order valence-corrected chi connectivity index (χ0v) is 11.5. The number of carbonyl (C=O) groups excluding carboxylic acids is 1. The molecule has 5 nitrogen and oxygen atoms in total. The number of aryl methyl sites for hydroxylation is 1.